The van der Waals surface area contributed by atoms with Gasteiger partial charge in [0, 0.05) is 12.1 Å². The molecule has 2 aromatic carbocycles. The second-order valence-electron chi connectivity index (χ2n) is 5.25. The van der Waals surface area contributed by atoms with Crippen LogP contribution in [-0.4, -0.2) is 29.3 Å². The van der Waals surface area contributed by atoms with E-state index in [0.717, 1.165) is 0 Å². The molecule has 9 heteroatoms. The third kappa shape index (κ3) is 4.28. The van der Waals surface area contributed by atoms with Gasteiger partial charge < -0.3 is 20.1 Å². The third-order valence-electron chi connectivity index (χ3n) is 3.47. The highest BCUT2D eigenvalue weighted by molar-refractivity contribution is 7.80. The van der Waals surface area contributed by atoms with Crippen molar-refractivity contribution in [2.24, 2.45) is 0 Å². The molecule has 2 N–H and O–H groups in total. The van der Waals surface area contributed by atoms with Crippen molar-refractivity contribution in [3.8, 4) is 11.5 Å². The molecule has 0 radical (unpaired) electrons. The molecule has 0 spiro atoms. The van der Waals surface area contributed by atoms with Crippen molar-refractivity contribution < 1.29 is 14.4 Å². The number of hydrogen-bond acceptors (Lipinski definition) is 5. The van der Waals surface area contributed by atoms with E-state index in [1.165, 1.54) is 18.2 Å². The number of rotatable bonds is 4. The quantitative estimate of drug-likeness (QED) is 0.478. The van der Waals surface area contributed by atoms with Gasteiger partial charge in [0.25, 0.3) is 5.69 Å². The van der Waals surface area contributed by atoms with E-state index in [9.17, 15) is 10.1 Å². The molecule has 0 bridgehead atoms. The Labute approximate surface area is 154 Å². The molecule has 7 nitrogen and oxygen atoms in total. The average Bonchev–Trinajstić information content (AvgIpc) is 2.61. The highest BCUT2D eigenvalue weighted by Gasteiger charge is 2.20. The van der Waals surface area contributed by atoms with Crippen molar-refractivity contribution in [3.05, 3.63) is 57.6 Å². The fourth-order valence-electron chi connectivity index (χ4n) is 2.26. The molecule has 0 saturated carbocycles. The van der Waals surface area contributed by atoms with Gasteiger partial charge in [0.1, 0.15) is 12.7 Å². The maximum absolute atomic E-state index is 10.8. The summed E-state index contributed by atoms with van der Waals surface area (Å²) in [6.45, 7) is 0.802. The van der Waals surface area contributed by atoms with Gasteiger partial charge >= 0.3 is 0 Å². The number of benzene rings is 2. The molecular formula is C16H14ClN3O4S. The fraction of sp³-hybridized carbons (Fsp3) is 0.188. The molecule has 25 heavy (non-hydrogen) atoms. The van der Waals surface area contributed by atoms with Crippen molar-refractivity contribution in [2.45, 2.75) is 6.10 Å². The van der Waals surface area contributed by atoms with Crippen molar-refractivity contribution in [3.63, 3.8) is 0 Å². The van der Waals surface area contributed by atoms with Crippen LogP contribution >= 0.6 is 23.8 Å². The number of nitrogens with one attached hydrogen (secondary N) is 2. The zero-order valence-electron chi connectivity index (χ0n) is 12.9. The Morgan fingerprint density at radius 3 is 2.84 bits per heavy atom. The number of ether oxygens (including phenoxy) is 2. The second-order valence-corrected chi connectivity index (χ2v) is 6.07. The summed E-state index contributed by atoms with van der Waals surface area (Å²) in [5.41, 5.74) is 0.287. The molecule has 0 aromatic heterocycles. The Kier molecular flexibility index (Phi) is 5.20. The van der Waals surface area contributed by atoms with E-state index < -0.39 is 4.92 Å². The van der Waals surface area contributed by atoms with Gasteiger partial charge in [-0.15, -0.1) is 0 Å². The van der Waals surface area contributed by atoms with Gasteiger partial charge in [0.2, 0.25) is 0 Å². The van der Waals surface area contributed by atoms with Crippen LogP contribution in [0.5, 0.6) is 11.5 Å². The summed E-state index contributed by atoms with van der Waals surface area (Å²) in [6.07, 6.45) is -0.213. The molecule has 0 saturated heterocycles. The lowest BCUT2D eigenvalue weighted by Gasteiger charge is -2.27. The minimum absolute atomic E-state index is 0.0738. The van der Waals surface area contributed by atoms with Crippen LogP contribution in [0.25, 0.3) is 0 Å². The molecule has 1 heterocycles. The van der Waals surface area contributed by atoms with Gasteiger partial charge in [-0.3, -0.25) is 10.1 Å². The zero-order chi connectivity index (χ0) is 17.8. The smallest absolute Gasteiger partial charge is 0.271 e. The molecule has 130 valence electrons. The van der Waals surface area contributed by atoms with Crippen molar-refractivity contribution in [1.82, 2.24) is 5.32 Å². The number of thiocarbonyl (C=S) groups is 1. The predicted octanol–water partition coefficient (Wildman–Crippen LogP) is 3.37. The standard InChI is InChI=1S/C16H14ClN3O4S/c17-12-6-5-10(20(21)22)7-13(12)19-16(25)18-8-11-9-23-14-3-1-2-4-15(14)24-11/h1-7,11H,8-9H2,(H2,18,19,25)/t11-/m1/s1. The summed E-state index contributed by atoms with van der Waals surface area (Å²) in [5, 5.41) is 17.3. The van der Waals surface area contributed by atoms with Gasteiger partial charge in [-0.05, 0) is 30.4 Å². The number of nitro benzene ring substituents is 1. The summed E-state index contributed by atoms with van der Waals surface area (Å²) < 4.78 is 11.4. The van der Waals surface area contributed by atoms with Crippen LogP contribution in [-0.2, 0) is 0 Å². The van der Waals surface area contributed by atoms with E-state index in [1.54, 1.807) is 0 Å². The monoisotopic (exact) mass is 379 g/mol. The molecule has 1 aliphatic rings. The number of para-hydroxylation sites is 2. The summed E-state index contributed by atoms with van der Waals surface area (Å²) in [4.78, 5) is 10.3. The molecule has 0 amide bonds. The lowest BCUT2D eigenvalue weighted by atomic mass is 10.2. The van der Waals surface area contributed by atoms with E-state index in [1.807, 2.05) is 24.3 Å². The lowest BCUT2D eigenvalue weighted by molar-refractivity contribution is -0.384. The van der Waals surface area contributed by atoms with Crippen LogP contribution in [0.1, 0.15) is 0 Å². The number of fused-ring (bicyclic) bond motifs is 1. The van der Waals surface area contributed by atoms with Crippen LogP contribution in [0.2, 0.25) is 5.02 Å². The van der Waals surface area contributed by atoms with Crippen LogP contribution < -0.4 is 20.1 Å². The van der Waals surface area contributed by atoms with Crippen LogP contribution in [0.15, 0.2) is 42.5 Å². The molecule has 0 fully saturated rings. The van der Waals surface area contributed by atoms with E-state index in [-0.39, 0.29) is 16.9 Å². The fourth-order valence-corrected chi connectivity index (χ4v) is 2.62. The van der Waals surface area contributed by atoms with Crippen molar-refractivity contribution in [1.29, 1.82) is 0 Å². The summed E-state index contributed by atoms with van der Waals surface area (Å²) >= 11 is 11.2. The number of hydrogen-bond donors (Lipinski definition) is 2. The van der Waals surface area contributed by atoms with Crippen LogP contribution in [0, 0.1) is 10.1 Å². The molecule has 1 atom stereocenters. The van der Waals surface area contributed by atoms with E-state index in [2.05, 4.69) is 10.6 Å². The molecule has 0 unspecified atom stereocenters. The molecule has 3 rings (SSSR count). The zero-order valence-corrected chi connectivity index (χ0v) is 14.5. The molecule has 0 aliphatic carbocycles. The minimum atomic E-state index is -0.497. The van der Waals surface area contributed by atoms with Gasteiger partial charge in [-0.1, -0.05) is 23.7 Å². The van der Waals surface area contributed by atoms with E-state index >= 15 is 0 Å². The first-order chi connectivity index (χ1) is 12.0. The van der Waals surface area contributed by atoms with Crippen molar-refractivity contribution in [2.75, 3.05) is 18.5 Å². The van der Waals surface area contributed by atoms with E-state index in [0.29, 0.717) is 35.4 Å². The number of anilines is 1. The van der Waals surface area contributed by atoms with Gasteiger partial charge in [-0.25, -0.2) is 0 Å². The number of nitro groups is 1. The Hall–Kier alpha value is -2.58. The Balaban J connectivity index is 1.56. The maximum atomic E-state index is 10.8. The van der Waals surface area contributed by atoms with Gasteiger partial charge in [0.05, 0.1) is 22.2 Å². The Morgan fingerprint density at radius 2 is 2.08 bits per heavy atom. The predicted molar refractivity (Wildman–Crippen MR) is 98.7 cm³/mol. The lowest BCUT2D eigenvalue weighted by Crippen LogP contribution is -2.42. The largest absolute Gasteiger partial charge is 0.486 e. The Bertz CT molecular complexity index is 818. The average molecular weight is 380 g/mol. The first-order valence-electron chi connectivity index (χ1n) is 7.40. The first-order valence-corrected chi connectivity index (χ1v) is 8.19. The van der Waals surface area contributed by atoms with Gasteiger partial charge in [-0.2, -0.15) is 0 Å². The van der Waals surface area contributed by atoms with E-state index in [4.69, 9.17) is 33.3 Å². The van der Waals surface area contributed by atoms with Crippen LogP contribution in [0.3, 0.4) is 0 Å². The maximum Gasteiger partial charge on any atom is 0.271 e. The highest BCUT2D eigenvalue weighted by atomic mass is 35.5. The first kappa shape index (κ1) is 17.2. The number of non-ortho nitro benzene ring substituents is 1. The normalized spacial score (nSPS) is 15.3. The molecule has 2 aromatic rings. The van der Waals surface area contributed by atoms with Crippen LogP contribution in [0.4, 0.5) is 11.4 Å². The minimum Gasteiger partial charge on any atom is -0.486 e. The number of halogens is 1. The summed E-state index contributed by atoms with van der Waals surface area (Å²) in [7, 11) is 0. The van der Waals surface area contributed by atoms with Crippen molar-refractivity contribution >= 4 is 40.3 Å². The Morgan fingerprint density at radius 1 is 1.32 bits per heavy atom. The molecular weight excluding hydrogens is 366 g/mol. The summed E-state index contributed by atoms with van der Waals surface area (Å²) in [6, 6.07) is 11.5. The third-order valence-corrected chi connectivity index (χ3v) is 4.04. The number of nitrogens with zero attached hydrogens (tertiary/aromatic N) is 1. The second kappa shape index (κ2) is 7.54. The van der Waals surface area contributed by atoms with Gasteiger partial charge in [0.15, 0.2) is 16.6 Å². The summed E-state index contributed by atoms with van der Waals surface area (Å²) in [5.74, 6) is 1.39. The highest BCUT2D eigenvalue weighted by Crippen LogP contribution is 2.30. The SMILES string of the molecule is O=[N+]([O-])c1ccc(Cl)c(NC(=S)NC[C@@H]2COc3ccccc3O2)c1. The molecule has 1 aliphatic heterocycles. The topological polar surface area (TPSA) is 85.7 Å².